The minimum Gasteiger partial charge on any atom is -0.508 e. The van der Waals surface area contributed by atoms with Crippen LogP contribution in [-0.4, -0.2) is 354 Å². The predicted octanol–water partition coefficient (Wildman–Crippen LogP) is -4.05. The van der Waals surface area contributed by atoms with E-state index in [0.29, 0.717) is 0 Å². The summed E-state index contributed by atoms with van der Waals surface area (Å²) in [4.78, 5) is 112. The first kappa shape index (κ1) is 108. The van der Waals surface area contributed by atoms with Crippen molar-refractivity contribution in [2.45, 2.75) is 260 Å². The van der Waals surface area contributed by atoms with Gasteiger partial charge in [0.1, 0.15) is 174 Å². The third-order valence-electron chi connectivity index (χ3n) is 26.9. The second kappa shape index (κ2) is 45.2. The van der Waals surface area contributed by atoms with Crippen LogP contribution in [0, 0.1) is 0 Å². The standard InChI is InChI=1S/C95H111Cl2N9O41/c1-31-68(114)47(98)26-58(134-31)143-82-38-11-18-52(46(97)21-38)139-54-23-39-22-53(83(54)147-95-84(75(121)72(118)57(30-109)142-95)144-59-27-48(99)69(115)32(2)135-59)137-41-14-7-35(8-15-41)81(146-94-78(124)74(120)71(117)56(29-108)141-94)66(105-85(126)61(100-4)34-5-12-42(13-6-34)138-92-79(125)76(122)80(33(3)136-92)145-93-77(123)73(119)70(116)55(28-107)140-93)89(130)102-63(37-10-17-50(112)45(96)20-37)86(127)103-64(39)88(129)101-62-36-9-16-49(111)43(19-36)60-44(24-40(110)25-51(60)113)65(91(132)133)104-90(131)67(82)106-87(62)128/h5-25,31-33,47-48,55-59,61-82,84,92-95,100,107-125H,26-30,98-99H2,1-4H3,(H,101,129)(H,102,130)(H,103,127)(H,104,131)(H,105,126)(H,106,128)(H,132,133)/t31-,32-,33+,47+,48+,55+,56+,57+,58-,59-,61?,62?,63?,64?,65?,66?,67?,68-,69-,70-,71+,72+,73-,74-,75-,76+,77+,78-,79-,80+,81?,82?,84+,92+,93-,94+,95-/m0/s1. The fourth-order valence-corrected chi connectivity index (χ4v) is 19.2. The monoisotopic (exact) mass is 2100 g/mol. The van der Waals surface area contributed by atoms with Gasteiger partial charge < -0.3 is 217 Å². The van der Waals surface area contributed by atoms with Gasteiger partial charge in [-0.15, -0.1) is 0 Å². The quantitative estimate of drug-likeness (QED) is 0.0326. The summed E-state index contributed by atoms with van der Waals surface area (Å²) in [5.74, 6) is -16.7. The molecule has 0 spiro atoms. The lowest BCUT2D eigenvalue weighted by Gasteiger charge is -2.45. The average Bonchev–Trinajstić information content (AvgIpc) is 0.763. The highest BCUT2D eigenvalue weighted by atomic mass is 35.5. The highest BCUT2D eigenvalue weighted by molar-refractivity contribution is 6.32. The van der Waals surface area contributed by atoms with Crippen LogP contribution in [0.2, 0.25) is 10.0 Å². The van der Waals surface area contributed by atoms with Crippen LogP contribution in [0.3, 0.4) is 0 Å². The molecule has 796 valence electrons. The summed E-state index contributed by atoms with van der Waals surface area (Å²) in [5.41, 5.74) is 9.28. The number of aliphatic hydroxyl groups excluding tert-OH is 15. The van der Waals surface area contributed by atoms with Crippen LogP contribution in [0.5, 0.6) is 57.5 Å². The maximum absolute atomic E-state index is 17.0. The Bertz CT molecular complexity index is 5930. The third kappa shape index (κ3) is 22.6. The minimum atomic E-state index is -2.52. The van der Waals surface area contributed by atoms with Gasteiger partial charge >= 0.3 is 5.97 Å². The first-order chi connectivity index (χ1) is 69.9. The number of carbonyl (C=O) groups excluding carboxylic acids is 6. The highest BCUT2D eigenvalue weighted by Gasteiger charge is 2.55. The van der Waals surface area contributed by atoms with Gasteiger partial charge in [-0.1, -0.05) is 65.7 Å². The van der Waals surface area contributed by atoms with Crippen LogP contribution in [0.25, 0.3) is 11.1 Å². The normalized spacial score (nSPS) is 35.5. The van der Waals surface area contributed by atoms with Crippen molar-refractivity contribution in [2.24, 2.45) is 11.5 Å². The van der Waals surface area contributed by atoms with Crippen LogP contribution in [0.4, 0.5) is 0 Å². The Kier molecular flexibility index (Phi) is 33.4. The maximum Gasteiger partial charge on any atom is 0.330 e. The summed E-state index contributed by atoms with van der Waals surface area (Å²) in [6.07, 6.45) is -50.4. The molecule has 37 atom stereocenters. The Morgan fingerprint density at radius 3 is 1.52 bits per heavy atom. The molecular formula is C95H111Cl2N9O41. The summed E-state index contributed by atoms with van der Waals surface area (Å²) in [6.45, 7) is 1.32. The molecule has 11 heterocycles. The van der Waals surface area contributed by atoms with Crippen LogP contribution in [0.1, 0.15) is 115 Å². The SMILES string of the molecule is CNC(C(=O)NC1C(=O)NC(c2ccc(O)c(Cl)c2)C(=O)NC2C(=O)NC3C(=O)NC(C(=O)NC(C(=O)O)c4cc(O)cc(O)c4-c4cc3ccc4O)C(O[C@H]3C[C@@H](N)[C@@H](O)[C@H](C)O3)c3ccc(c(Cl)c3)Oc3cc2cc(c3O[C@@H]2O[C@H](CO)[C@@H](O)[C@H](O)[C@H]2O[C@H]2C[C@@H](N)[C@@H](O)[C@H](C)O2)Oc2ccc(cc2)C1O[C@H]1O[C@H](CO)[C@@H](O)[C@H](O)[C@@H]1O)c1ccc(O[C@H]2O[C@H](C)[C@@H](O[C@@H]3O[C@H](CO)[C@H](O)[C@H](O)[C@H]3O)[C@H](O)[C@@H]2O)cc1. The largest absolute Gasteiger partial charge is 0.508 e. The fraction of sp³-hybridized carbons (Fsp3) is 0.484. The topological polar surface area (TPSA) is 790 Å². The van der Waals surface area contributed by atoms with Gasteiger partial charge in [-0.3, -0.25) is 28.8 Å². The fourth-order valence-electron chi connectivity index (χ4n) is 18.8. The van der Waals surface area contributed by atoms with Crippen LogP contribution >= 0.6 is 23.2 Å². The molecule has 147 heavy (non-hydrogen) atoms. The number of aliphatic carboxylic acids is 1. The van der Waals surface area contributed by atoms with E-state index < -0.39 is 377 Å². The van der Waals surface area contributed by atoms with E-state index in [2.05, 4.69) is 37.2 Å². The number of amides is 6. The molecule has 9 unspecified atom stereocenters. The van der Waals surface area contributed by atoms with Gasteiger partial charge in [-0.25, -0.2) is 4.79 Å². The van der Waals surface area contributed by atoms with Crippen LogP contribution in [-0.2, 0) is 80.9 Å². The number of ether oxygens (including phenoxy) is 14. The number of hydrogen-bond acceptors (Lipinski definition) is 43. The van der Waals surface area contributed by atoms with Gasteiger partial charge in [0.15, 0.2) is 48.8 Å². The number of nitrogens with one attached hydrogen (secondary N) is 7. The molecule has 18 rings (SSSR count). The number of benzene rings is 7. The number of carbonyl (C=O) groups is 7. The molecule has 6 saturated heterocycles. The molecule has 11 bridgehead atoms. The molecule has 6 amide bonds. The zero-order chi connectivity index (χ0) is 106. The molecule has 0 radical (unpaired) electrons. The number of halogens is 2. The van der Waals surface area contributed by atoms with E-state index >= 15 is 28.8 Å². The van der Waals surface area contributed by atoms with E-state index in [0.717, 1.165) is 72.8 Å². The number of likely N-dealkylation sites (N-methyl/N-ethyl adjacent to an activating group) is 1. The molecule has 7 aromatic carbocycles. The Morgan fingerprint density at radius 2 is 0.952 bits per heavy atom. The van der Waals surface area contributed by atoms with Crippen LogP contribution in [0.15, 0.2) is 127 Å². The lowest BCUT2D eigenvalue weighted by atomic mass is 9.89. The van der Waals surface area contributed by atoms with Crippen molar-refractivity contribution in [2.75, 3.05) is 26.9 Å². The van der Waals surface area contributed by atoms with Gasteiger partial charge in [0.05, 0.1) is 60.4 Å². The predicted molar refractivity (Wildman–Crippen MR) is 494 cm³/mol. The van der Waals surface area contributed by atoms with Crippen molar-refractivity contribution in [3.05, 3.63) is 176 Å². The minimum absolute atomic E-state index is 0.0358. The van der Waals surface area contributed by atoms with Crippen molar-refractivity contribution < 1.29 is 202 Å². The number of carboxylic acid groups (broad SMARTS) is 1. The maximum atomic E-state index is 17.0. The van der Waals surface area contributed by atoms with Crippen molar-refractivity contribution in [1.29, 1.82) is 0 Å². The molecule has 6 fully saturated rings. The van der Waals surface area contributed by atoms with E-state index in [1.807, 2.05) is 0 Å². The first-order valence-electron chi connectivity index (χ1n) is 46.5. The van der Waals surface area contributed by atoms with Gasteiger partial charge in [0.2, 0.25) is 53.8 Å². The zero-order valence-corrected chi connectivity index (χ0v) is 79.5. The van der Waals surface area contributed by atoms with Crippen molar-refractivity contribution in [1.82, 2.24) is 37.2 Å². The summed E-state index contributed by atoms with van der Waals surface area (Å²) in [6, 6.07) is 4.82. The van der Waals surface area contributed by atoms with E-state index in [-0.39, 0.29) is 41.0 Å². The number of phenols is 4. The molecule has 52 heteroatoms. The molecule has 50 nitrogen and oxygen atoms in total. The summed E-state index contributed by atoms with van der Waals surface area (Å²) < 4.78 is 87.9. The van der Waals surface area contributed by atoms with Crippen molar-refractivity contribution >= 4 is 64.6 Å². The third-order valence-corrected chi connectivity index (χ3v) is 27.5. The van der Waals surface area contributed by atoms with Gasteiger partial charge in [0.25, 0.3) is 0 Å². The second-order valence-corrected chi connectivity index (χ2v) is 37.6. The Morgan fingerprint density at radius 1 is 0.442 bits per heavy atom. The molecule has 11 aliphatic heterocycles. The smallest absolute Gasteiger partial charge is 0.330 e. The molecule has 11 aliphatic rings. The molecule has 0 aromatic heterocycles. The van der Waals surface area contributed by atoms with E-state index in [1.165, 1.54) is 82.4 Å². The number of nitrogens with two attached hydrogens (primary N) is 2. The Hall–Kier alpha value is -11.3. The second-order valence-electron chi connectivity index (χ2n) is 36.8. The molecule has 0 saturated carbocycles. The van der Waals surface area contributed by atoms with Crippen molar-refractivity contribution in [3.63, 3.8) is 0 Å². The lowest BCUT2D eigenvalue weighted by Crippen LogP contribution is -2.64. The first-order valence-corrected chi connectivity index (χ1v) is 47.2. The zero-order valence-electron chi connectivity index (χ0n) is 77.9. The average molecular weight is 2110 g/mol. The molecule has 7 aromatic rings. The number of aromatic hydroxyl groups is 4. The molecule has 0 aliphatic carbocycles. The number of phenolic OH excluding ortho intramolecular Hbond substituents is 4. The van der Waals surface area contributed by atoms with E-state index in [4.69, 9.17) is 101 Å². The summed E-state index contributed by atoms with van der Waals surface area (Å²) in [7, 11) is 1.30. The summed E-state index contributed by atoms with van der Waals surface area (Å²) >= 11 is 14.2. The van der Waals surface area contributed by atoms with E-state index in [1.54, 1.807) is 0 Å². The number of carboxylic acids is 1. The number of aliphatic hydroxyl groups is 15. The molecular weight excluding hydrogens is 1990 g/mol. The Balaban J connectivity index is 0.870. The van der Waals surface area contributed by atoms with Gasteiger partial charge in [-0.05, 0) is 140 Å². The van der Waals surface area contributed by atoms with Gasteiger partial charge in [-0.2, -0.15) is 0 Å². The lowest BCUT2D eigenvalue weighted by molar-refractivity contribution is -0.348. The Labute approximate surface area is 843 Å². The van der Waals surface area contributed by atoms with Crippen molar-refractivity contribution in [3.8, 4) is 68.6 Å². The number of rotatable bonds is 21. The number of fused-ring (bicyclic) bond motifs is 15. The molecule has 31 N–H and O–H groups in total. The number of hydrogen-bond donors (Lipinski definition) is 29. The van der Waals surface area contributed by atoms with E-state index in [9.17, 15) is 107 Å². The van der Waals surface area contributed by atoms with Gasteiger partial charge in [0, 0.05) is 47.7 Å². The highest BCUT2D eigenvalue weighted by Crippen LogP contribution is 2.51. The van der Waals surface area contributed by atoms with Crippen LogP contribution < -0.4 is 67.6 Å². The summed E-state index contributed by atoms with van der Waals surface area (Å²) in [5, 5.41) is 241.